The first-order chi connectivity index (χ1) is 12.9. The molecule has 0 radical (unpaired) electrons. The third kappa shape index (κ3) is 4.67. The van der Waals surface area contributed by atoms with Crippen LogP contribution in [-0.4, -0.2) is 40.9 Å². The number of urea groups is 1. The summed E-state index contributed by atoms with van der Waals surface area (Å²) >= 11 is 0. The Morgan fingerprint density at radius 3 is 2.52 bits per heavy atom. The number of amides is 3. The fourth-order valence-electron chi connectivity index (χ4n) is 3.35. The van der Waals surface area contributed by atoms with E-state index in [9.17, 15) is 14.0 Å². The van der Waals surface area contributed by atoms with Crippen LogP contribution in [0.4, 0.5) is 14.9 Å². The number of hydrogen-bond acceptors (Lipinski definition) is 3. The van der Waals surface area contributed by atoms with E-state index in [0.29, 0.717) is 38.2 Å². The van der Waals surface area contributed by atoms with Crippen molar-refractivity contribution in [3.8, 4) is 0 Å². The number of likely N-dealkylation sites (tertiary alicyclic amines) is 1. The lowest BCUT2D eigenvalue weighted by Crippen LogP contribution is -2.49. The maximum Gasteiger partial charge on any atom is 0.322 e. The topological polar surface area (TPSA) is 65.8 Å². The minimum atomic E-state index is -0.481. The molecule has 0 aliphatic carbocycles. The van der Waals surface area contributed by atoms with Crippen LogP contribution in [0, 0.1) is 12.7 Å². The molecule has 0 bridgehead atoms. The number of anilines is 1. The zero-order valence-electron chi connectivity index (χ0n) is 15.6. The summed E-state index contributed by atoms with van der Waals surface area (Å²) in [6.45, 7) is 4.88. The number of halogens is 1. The molecule has 1 aliphatic rings. The summed E-state index contributed by atoms with van der Waals surface area (Å²) in [5, 5.41) is 2.66. The van der Waals surface area contributed by atoms with Gasteiger partial charge in [-0.05, 0) is 44.0 Å². The summed E-state index contributed by atoms with van der Waals surface area (Å²) < 4.78 is 19.6. The van der Waals surface area contributed by atoms with Crippen molar-refractivity contribution in [2.75, 3.05) is 18.4 Å². The molecule has 7 heteroatoms. The van der Waals surface area contributed by atoms with Gasteiger partial charge in [0.2, 0.25) is 5.91 Å². The van der Waals surface area contributed by atoms with E-state index >= 15 is 0 Å². The van der Waals surface area contributed by atoms with E-state index in [1.165, 1.54) is 12.1 Å². The van der Waals surface area contributed by atoms with Gasteiger partial charge >= 0.3 is 6.03 Å². The molecule has 1 aliphatic heterocycles. The minimum absolute atomic E-state index is 0.0393. The molecule has 1 N–H and O–H groups in total. The lowest BCUT2D eigenvalue weighted by atomic mass is 10.0. The van der Waals surface area contributed by atoms with E-state index in [2.05, 4.69) is 5.32 Å². The van der Waals surface area contributed by atoms with Gasteiger partial charge in [0.25, 0.3) is 0 Å². The van der Waals surface area contributed by atoms with Crippen molar-refractivity contribution in [3.05, 3.63) is 53.7 Å². The van der Waals surface area contributed by atoms with Gasteiger partial charge in [0.05, 0.1) is 12.2 Å². The predicted octanol–water partition coefficient (Wildman–Crippen LogP) is 3.77. The van der Waals surface area contributed by atoms with Crippen molar-refractivity contribution >= 4 is 17.6 Å². The predicted molar refractivity (Wildman–Crippen MR) is 99.7 cm³/mol. The van der Waals surface area contributed by atoms with Crippen molar-refractivity contribution in [3.63, 3.8) is 0 Å². The Hall–Kier alpha value is -2.83. The number of aryl methyl sites for hydroxylation is 1. The van der Waals surface area contributed by atoms with Gasteiger partial charge in [0.15, 0.2) is 0 Å². The molecule has 0 unspecified atom stereocenters. The van der Waals surface area contributed by atoms with Crippen molar-refractivity contribution in [2.24, 2.45) is 0 Å². The number of para-hydroxylation sites is 1. The number of hydrogen-bond donors (Lipinski definition) is 1. The fraction of sp³-hybridized carbons (Fsp3) is 0.400. The zero-order valence-corrected chi connectivity index (χ0v) is 15.6. The monoisotopic (exact) mass is 373 g/mol. The van der Waals surface area contributed by atoms with E-state index in [-0.39, 0.29) is 23.7 Å². The Bertz CT molecular complexity index is 812. The largest absolute Gasteiger partial charge is 0.464 e. The number of nitrogens with one attached hydrogen (secondary N) is 1. The third-order valence-corrected chi connectivity index (χ3v) is 4.85. The molecule has 0 spiro atoms. The molecular weight excluding hydrogens is 349 g/mol. The number of furan rings is 1. The molecule has 27 heavy (non-hydrogen) atoms. The Balaban J connectivity index is 1.76. The number of carbonyl (C=O) groups excluding carboxylic acids is 2. The molecular formula is C20H24FN3O3. The number of benzene rings is 1. The second kappa shape index (κ2) is 8.24. The molecule has 1 aromatic heterocycles. The van der Waals surface area contributed by atoms with E-state index in [1.807, 2.05) is 19.1 Å². The fourth-order valence-corrected chi connectivity index (χ4v) is 3.35. The summed E-state index contributed by atoms with van der Waals surface area (Å²) in [5.41, 5.74) is 0.143. The number of piperidine rings is 1. The first-order valence-corrected chi connectivity index (χ1v) is 9.07. The van der Waals surface area contributed by atoms with Gasteiger partial charge < -0.3 is 19.5 Å². The van der Waals surface area contributed by atoms with Gasteiger partial charge in [-0.2, -0.15) is 0 Å². The number of nitrogens with zero attached hydrogens (tertiary/aromatic N) is 2. The number of carbonyl (C=O) groups is 2. The van der Waals surface area contributed by atoms with E-state index in [1.54, 1.807) is 28.9 Å². The van der Waals surface area contributed by atoms with Crippen LogP contribution >= 0.6 is 0 Å². The quantitative estimate of drug-likeness (QED) is 0.887. The lowest BCUT2D eigenvalue weighted by molar-refractivity contribution is -0.130. The first-order valence-electron chi connectivity index (χ1n) is 9.07. The Kier molecular flexibility index (Phi) is 5.78. The normalized spacial score (nSPS) is 14.9. The summed E-state index contributed by atoms with van der Waals surface area (Å²) in [6.07, 6.45) is 1.34. The Morgan fingerprint density at radius 2 is 1.93 bits per heavy atom. The summed E-state index contributed by atoms with van der Waals surface area (Å²) in [4.78, 5) is 27.9. The van der Waals surface area contributed by atoms with Crippen LogP contribution in [0.15, 0.2) is 40.8 Å². The molecule has 1 fully saturated rings. The SMILES string of the molecule is CC(=O)N1CCC(N(Cc2ccc(C)o2)C(=O)Nc2ccccc2F)CC1. The molecule has 1 aromatic carbocycles. The lowest BCUT2D eigenvalue weighted by Gasteiger charge is -2.38. The van der Waals surface area contributed by atoms with Crippen molar-refractivity contribution < 1.29 is 18.4 Å². The van der Waals surface area contributed by atoms with Gasteiger partial charge in [-0.25, -0.2) is 9.18 Å². The summed E-state index contributed by atoms with van der Waals surface area (Å²) in [5.74, 6) is 1.000. The van der Waals surface area contributed by atoms with Crippen molar-refractivity contribution in [2.45, 2.75) is 39.3 Å². The highest BCUT2D eigenvalue weighted by Gasteiger charge is 2.30. The van der Waals surface area contributed by atoms with Gasteiger partial charge in [0.1, 0.15) is 17.3 Å². The van der Waals surface area contributed by atoms with E-state index in [0.717, 1.165) is 5.76 Å². The molecule has 3 rings (SSSR count). The highest BCUT2D eigenvalue weighted by Crippen LogP contribution is 2.22. The molecule has 2 heterocycles. The standard InChI is InChI=1S/C20H24FN3O3/c1-14-7-8-17(27-14)13-24(16-9-11-23(12-10-16)15(2)25)20(26)22-19-6-4-3-5-18(19)21/h3-8,16H,9-13H2,1-2H3,(H,22,26). The smallest absolute Gasteiger partial charge is 0.322 e. The molecule has 0 saturated carbocycles. The van der Waals surface area contributed by atoms with Crippen molar-refractivity contribution in [1.82, 2.24) is 9.80 Å². The van der Waals surface area contributed by atoms with Gasteiger partial charge in [-0.3, -0.25) is 4.79 Å². The Morgan fingerprint density at radius 1 is 1.22 bits per heavy atom. The van der Waals surface area contributed by atoms with Gasteiger partial charge in [-0.1, -0.05) is 12.1 Å². The molecule has 144 valence electrons. The van der Waals surface area contributed by atoms with Gasteiger partial charge in [0, 0.05) is 26.1 Å². The second-order valence-electron chi connectivity index (χ2n) is 6.79. The van der Waals surface area contributed by atoms with Crippen LogP contribution < -0.4 is 5.32 Å². The van der Waals surface area contributed by atoms with Crippen LogP contribution in [0.25, 0.3) is 0 Å². The van der Waals surface area contributed by atoms with Crippen molar-refractivity contribution in [1.29, 1.82) is 0 Å². The van der Waals surface area contributed by atoms with E-state index in [4.69, 9.17) is 4.42 Å². The highest BCUT2D eigenvalue weighted by molar-refractivity contribution is 5.89. The van der Waals surface area contributed by atoms with Crippen LogP contribution in [-0.2, 0) is 11.3 Å². The highest BCUT2D eigenvalue weighted by atomic mass is 19.1. The summed E-state index contributed by atoms with van der Waals surface area (Å²) in [6, 6.07) is 9.33. The molecule has 6 nitrogen and oxygen atoms in total. The van der Waals surface area contributed by atoms with E-state index < -0.39 is 5.82 Å². The zero-order chi connectivity index (χ0) is 19.4. The van der Waals surface area contributed by atoms with Crippen LogP contribution in [0.1, 0.15) is 31.3 Å². The van der Waals surface area contributed by atoms with Crippen LogP contribution in [0.2, 0.25) is 0 Å². The van der Waals surface area contributed by atoms with Crippen LogP contribution in [0.5, 0.6) is 0 Å². The Labute approximate surface area is 157 Å². The molecule has 3 amide bonds. The first kappa shape index (κ1) is 18.9. The average Bonchev–Trinajstić information content (AvgIpc) is 3.06. The molecule has 0 atom stereocenters. The van der Waals surface area contributed by atoms with Gasteiger partial charge in [-0.15, -0.1) is 0 Å². The molecule has 1 saturated heterocycles. The van der Waals surface area contributed by atoms with Crippen LogP contribution in [0.3, 0.4) is 0 Å². The third-order valence-electron chi connectivity index (χ3n) is 4.85. The average molecular weight is 373 g/mol. The number of rotatable bonds is 4. The minimum Gasteiger partial charge on any atom is -0.464 e. The second-order valence-corrected chi connectivity index (χ2v) is 6.79. The maximum absolute atomic E-state index is 13.9. The molecule has 2 aromatic rings. The maximum atomic E-state index is 13.9. The summed E-state index contributed by atoms with van der Waals surface area (Å²) in [7, 11) is 0.